The summed E-state index contributed by atoms with van der Waals surface area (Å²) >= 11 is 0. The molecule has 0 bridgehead atoms. The minimum Gasteiger partial charge on any atom is -0.351 e. The van der Waals surface area contributed by atoms with Crippen molar-refractivity contribution in [2.24, 2.45) is 0 Å². The zero-order valence-corrected chi connectivity index (χ0v) is 31.8. The van der Waals surface area contributed by atoms with E-state index in [2.05, 4.69) is 76.5 Å². The summed E-state index contributed by atoms with van der Waals surface area (Å²) in [5, 5.41) is 41.7. The maximum Gasteiger partial charge on any atom is 0.248 e. The van der Waals surface area contributed by atoms with Crippen molar-refractivity contribution in [2.75, 3.05) is 21.1 Å². The summed E-state index contributed by atoms with van der Waals surface area (Å²) in [5.41, 5.74) is 4.41. The van der Waals surface area contributed by atoms with Crippen LogP contribution in [-0.2, 0) is 0 Å². The fourth-order valence-corrected chi connectivity index (χ4v) is 9.26. The van der Waals surface area contributed by atoms with E-state index in [0.717, 1.165) is 5.69 Å². The first-order chi connectivity index (χ1) is 22.4. The average Bonchev–Trinajstić information content (AvgIpc) is 2.96. The van der Waals surface area contributed by atoms with Crippen LogP contribution in [-0.4, -0.2) is 97.1 Å². The third-order valence-corrected chi connectivity index (χ3v) is 10.9. The van der Waals surface area contributed by atoms with Gasteiger partial charge in [-0.2, -0.15) is 30.1 Å². The van der Waals surface area contributed by atoms with E-state index in [9.17, 15) is 15.6 Å². The van der Waals surface area contributed by atoms with Crippen LogP contribution in [0, 0.1) is 0 Å². The van der Waals surface area contributed by atoms with Crippen molar-refractivity contribution < 1.29 is 15.6 Å². The molecule has 0 spiro atoms. The van der Waals surface area contributed by atoms with Gasteiger partial charge >= 0.3 is 0 Å². The number of hydrazine groups is 1. The minimum absolute atomic E-state index is 0.00183. The monoisotopic (exact) mass is 683 g/mol. The summed E-state index contributed by atoms with van der Waals surface area (Å²) in [6.07, 6.45) is 4.12. The van der Waals surface area contributed by atoms with E-state index in [1.165, 1.54) is 15.2 Å². The van der Waals surface area contributed by atoms with Crippen LogP contribution >= 0.6 is 0 Å². The Kier molecular flexibility index (Phi) is 9.74. The molecule has 0 saturated carbocycles. The molecule has 2 aromatic rings. The highest BCUT2D eigenvalue weighted by Gasteiger charge is 2.52. The van der Waals surface area contributed by atoms with E-state index >= 15 is 0 Å². The quantitative estimate of drug-likeness (QED) is 0.163. The van der Waals surface area contributed by atoms with Gasteiger partial charge in [0.15, 0.2) is 0 Å². The first kappa shape index (κ1) is 37.4. The summed E-state index contributed by atoms with van der Waals surface area (Å²) in [7, 11) is 0. The van der Waals surface area contributed by atoms with E-state index in [1.54, 1.807) is 0 Å². The number of rotatable bonds is 8. The normalized spacial score (nSPS) is 25.9. The fourth-order valence-electron chi connectivity index (χ4n) is 9.26. The van der Waals surface area contributed by atoms with E-state index < -0.39 is 33.2 Å². The van der Waals surface area contributed by atoms with E-state index in [1.807, 2.05) is 58.0 Å². The van der Waals surface area contributed by atoms with Gasteiger partial charge in [0.1, 0.15) is 0 Å². The van der Waals surface area contributed by atoms with E-state index in [0.29, 0.717) is 56.4 Å². The smallest absolute Gasteiger partial charge is 0.248 e. The van der Waals surface area contributed by atoms with Gasteiger partial charge < -0.3 is 25.8 Å². The van der Waals surface area contributed by atoms with E-state index in [4.69, 9.17) is 15.0 Å². The number of hydrogen-bond acceptors (Lipinski definition) is 13. The Labute approximate surface area is 293 Å². The molecule has 3 saturated heterocycles. The molecule has 0 unspecified atom stereocenters. The highest BCUT2D eigenvalue weighted by Crippen LogP contribution is 2.45. The summed E-state index contributed by atoms with van der Waals surface area (Å²) in [5.74, 6) is 1.36. The van der Waals surface area contributed by atoms with Crippen LogP contribution in [0.25, 0.3) is 0 Å². The van der Waals surface area contributed by atoms with Crippen LogP contribution in [0.2, 0.25) is 0 Å². The molecule has 4 heterocycles. The lowest BCUT2D eigenvalue weighted by Crippen LogP contribution is -2.67. The Bertz CT molecular complexity index is 1370. The molecule has 13 nitrogen and oxygen atoms in total. The van der Waals surface area contributed by atoms with Crippen molar-refractivity contribution in [3.8, 4) is 0 Å². The van der Waals surface area contributed by atoms with Crippen molar-refractivity contribution in [3.05, 3.63) is 30.3 Å². The van der Waals surface area contributed by atoms with Crippen LogP contribution in [0.15, 0.2) is 30.3 Å². The van der Waals surface area contributed by atoms with Gasteiger partial charge in [-0.25, -0.2) is 0 Å². The first-order valence-electron chi connectivity index (χ1n) is 17.8. The van der Waals surface area contributed by atoms with Gasteiger partial charge in [0.05, 0.1) is 5.69 Å². The summed E-state index contributed by atoms with van der Waals surface area (Å²) in [6, 6.07) is 9.78. The number of nitrogens with one attached hydrogen (secondary N) is 3. The van der Waals surface area contributed by atoms with Crippen LogP contribution in [0.1, 0.15) is 122 Å². The fraction of sp³-hybridized carbons (Fsp3) is 0.750. The SMILES string of the molecule is CC1(C)CC(Nc2nc(NNc3ccccc3)nc(N(C3CC(C)(C)N(O)C(C)(C)C3)C3CC(C)(C)N(O)C(C)(C)C3)n2)CC(C)(C)N1O. The summed E-state index contributed by atoms with van der Waals surface area (Å²) < 4.78 is 0. The van der Waals surface area contributed by atoms with Crippen LogP contribution in [0.4, 0.5) is 23.5 Å². The molecule has 1 aromatic heterocycles. The lowest BCUT2D eigenvalue weighted by molar-refractivity contribution is -0.251. The van der Waals surface area contributed by atoms with Gasteiger partial charge in [-0.05, 0) is 134 Å². The number of nitrogens with zero attached hydrogens (tertiary/aromatic N) is 7. The molecule has 49 heavy (non-hydrogen) atoms. The van der Waals surface area contributed by atoms with Gasteiger partial charge in [-0.3, -0.25) is 10.9 Å². The Balaban J connectivity index is 1.61. The molecule has 6 N–H and O–H groups in total. The number of hydroxylamine groups is 6. The molecular weight excluding hydrogens is 620 g/mol. The van der Waals surface area contributed by atoms with Crippen molar-refractivity contribution in [3.63, 3.8) is 0 Å². The third-order valence-electron chi connectivity index (χ3n) is 10.9. The molecule has 13 heteroatoms. The molecule has 0 radical (unpaired) electrons. The van der Waals surface area contributed by atoms with Crippen LogP contribution in [0.3, 0.4) is 0 Å². The van der Waals surface area contributed by atoms with Crippen molar-refractivity contribution in [1.29, 1.82) is 0 Å². The van der Waals surface area contributed by atoms with Crippen LogP contribution < -0.4 is 21.1 Å². The number of aromatic nitrogens is 3. The second-order valence-electron chi connectivity index (χ2n) is 18.5. The number of anilines is 4. The predicted molar refractivity (Wildman–Crippen MR) is 194 cm³/mol. The molecule has 0 amide bonds. The Hall–Kier alpha value is -2.81. The molecule has 3 aliphatic heterocycles. The summed E-state index contributed by atoms with van der Waals surface area (Å²) in [4.78, 5) is 17.5. The maximum absolute atomic E-state index is 11.3. The molecule has 3 fully saturated rings. The van der Waals surface area contributed by atoms with Gasteiger partial charge in [-0.1, -0.05) is 18.2 Å². The van der Waals surface area contributed by atoms with Gasteiger partial charge in [0.2, 0.25) is 17.8 Å². The highest BCUT2D eigenvalue weighted by atomic mass is 16.5. The first-order valence-corrected chi connectivity index (χ1v) is 17.8. The zero-order valence-electron chi connectivity index (χ0n) is 31.8. The molecule has 0 aliphatic carbocycles. The molecular formula is C36H62N10O3. The van der Waals surface area contributed by atoms with Gasteiger partial charge in [0.25, 0.3) is 0 Å². The Morgan fingerprint density at radius 2 is 0.939 bits per heavy atom. The maximum atomic E-state index is 11.3. The number of hydrogen-bond donors (Lipinski definition) is 6. The van der Waals surface area contributed by atoms with E-state index in [-0.39, 0.29) is 18.1 Å². The average molecular weight is 683 g/mol. The molecule has 3 aliphatic rings. The molecule has 5 rings (SSSR count). The highest BCUT2D eigenvalue weighted by molar-refractivity contribution is 5.51. The van der Waals surface area contributed by atoms with Crippen LogP contribution in [0.5, 0.6) is 0 Å². The van der Waals surface area contributed by atoms with Crippen molar-refractivity contribution in [2.45, 2.75) is 173 Å². The number of benzene rings is 1. The standard InChI is InChI=1S/C36H62N10O3/c1-31(2)18-25(19-32(3,4)44(31)47)37-28-38-29(42-41-24-16-14-13-15-17-24)40-30(39-28)43(26-20-33(5,6)45(48)34(7,8)21-26)27-22-35(9,10)46(49)36(11,12)23-27/h13-17,25-27,41,47-49H,18-23H2,1-12H3,(H2,37,38,39,40,42). The molecule has 274 valence electrons. The van der Waals surface area contributed by atoms with Gasteiger partial charge in [0, 0.05) is 51.4 Å². The molecule has 1 aromatic carbocycles. The lowest BCUT2D eigenvalue weighted by atomic mass is 9.75. The topological polar surface area (TPSA) is 148 Å². The van der Waals surface area contributed by atoms with Crippen molar-refractivity contribution in [1.82, 2.24) is 30.1 Å². The third kappa shape index (κ3) is 7.77. The summed E-state index contributed by atoms with van der Waals surface area (Å²) in [6.45, 7) is 24.8. The Morgan fingerprint density at radius 3 is 1.37 bits per heavy atom. The molecule has 0 atom stereocenters. The lowest BCUT2D eigenvalue weighted by Gasteiger charge is -2.58. The number of piperidine rings is 3. The number of para-hydroxylation sites is 1. The zero-order chi connectivity index (χ0) is 36.4. The largest absolute Gasteiger partial charge is 0.351 e. The predicted octanol–water partition coefficient (Wildman–Crippen LogP) is 6.76. The van der Waals surface area contributed by atoms with Crippen molar-refractivity contribution >= 4 is 23.5 Å². The second kappa shape index (κ2) is 12.8. The second-order valence-corrected chi connectivity index (χ2v) is 18.5. The Morgan fingerprint density at radius 1 is 0.551 bits per heavy atom. The minimum atomic E-state index is -0.507. The van der Waals surface area contributed by atoms with Gasteiger partial charge in [-0.15, -0.1) is 0 Å².